The maximum absolute atomic E-state index is 12.9. The fourth-order valence-corrected chi connectivity index (χ4v) is 1.97. The topological polar surface area (TPSA) is 67.5 Å². The van der Waals surface area contributed by atoms with E-state index in [1.165, 1.54) is 24.4 Å². The van der Waals surface area contributed by atoms with Crippen LogP contribution in [0.3, 0.4) is 0 Å². The number of benzene rings is 1. The molecule has 6 heteroatoms. The molecular weight excluding hydrogens is 261 g/mol. The normalized spacial score (nSPS) is 10.8. The van der Waals surface area contributed by atoms with E-state index in [1.807, 2.05) is 0 Å². The summed E-state index contributed by atoms with van der Waals surface area (Å²) >= 11 is 0. The molecule has 2 aromatic heterocycles. The molecule has 0 aliphatic heterocycles. The zero-order valence-corrected chi connectivity index (χ0v) is 10.3. The van der Waals surface area contributed by atoms with E-state index in [0.29, 0.717) is 17.9 Å². The van der Waals surface area contributed by atoms with Crippen LogP contribution >= 0.6 is 0 Å². The van der Waals surface area contributed by atoms with Gasteiger partial charge in [-0.25, -0.2) is 9.18 Å². The lowest BCUT2D eigenvalue weighted by Gasteiger charge is -2.02. The van der Waals surface area contributed by atoms with Crippen molar-refractivity contribution in [2.24, 2.45) is 0 Å². The second-order valence-corrected chi connectivity index (χ2v) is 4.37. The molecule has 20 heavy (non-hydrogen) atoms. The molecule has 3 aromatic rings. The lowest BCUT2D eigenvalue weighted by Crippen LogP contribution is -2.01. The summed E-state index contributed by atoms with van der Waals surface area (Å²) in [6.07, 6.45) is 1.93. The van der Waals surface area contributed by atoms with E-state index in [0.717, 1.165) is 5.56 Å². The SMILES string of the molecule is O=C(O)c1ccc2nnc(Cc3ccc(F)cc3)n2c1. The Kier molecular flexibility index (Phi) is 2.90. The highest BCUT2D eigenvalue weighted by atomic mass is 19.1. The molecule has 0 spiro atoms. The van der Waals surface area contributed by atoms with Gasteiger partial charge < -0.3 is 5.11 Å². The van der Waals surface area contributed by atoms with Crippen LogP contribution in [-0.4, -0.2) is 25.7 Å². The number of fused-ring (bicyclic) bond motifs is 1. The lowest BCUT2D eigenvalue weighted by molar-refractivity contribution is 0.0696. The molecule has 100 valence electrons. The standard InChI is InChI=1S/C14H10FN3O2/c15-11-4-1-9(2-5-11)7-13-17-16-12-6-3-10(14(19)20)8-18(12)13/h1-6,8H,7H2,(H,19,20). The monoisotopic (exact) mass is 271 g/mol. The molecule has 0 atom stereocenters. The minimum Gasteiger partial charge on any atom is -0.478 e. The van der Waals surface area contributed by atoms with Crippen molar-refractivity contribution in [3.05, 3.63) is 65.4 Å². The number of rotatable bonds is 3. The first-order valence-electron chi connectivity index (χ1n) is 5.95. The van der Waals surface area contributed by atoms with Crippen molar-refractivity contribution >= 4 is 11.6 Å². The van der Waals surface area contributed by atoms with Gasteiger partial charge in [-0.05, 0) is 29.8 Å². The number of hydrogen-bond donors (Lipinski definition) is 1. The van der Waals surface area contributed by atoms with E-state index >= 15 is 0 Å². The van der Waals surface area contributed by atoms with Gasteiger partial charge in [0, 0.05) is 12.6 Å². The third-order valence-corrected chi connectivity index (χ3v) is 3.00. The Morgan fingerprint density at radius 3 is 2.60 bits per heavy atom. The van der Waals surface area contributed by atoms with E-state index in [2.05, 4.69) is 10.2 Å². The number of carboxylic acid groups (broad SMARTS) is 1. The zero-order valence-electron chi connectivity index (χ0n) is 10.3. The van der Waals surface area contributed by atoms with Crippen LogP contribution in [0.5, 0.6) is 0 Å². The van der Waals surface area contributed by atoms with Crippen LogP contribution in [0.4, 0.5) is 4.39 Å². The fourth-order valence-electron chi connectivity index (χ4n) is 1.97. The van der Waals surface area contributed by atoms with Crippen LogP contribution in [0.1, 0.15) is 21.7 Å². The van der Waals surface area contributed by atoms with E-state index in [4.69, 9.17) is 5.11 Å². The number of carboxylic acids is 1. The number of aromatic nitrogens is 3. The van der Waals surface area contributed by atoms with E-state index in [1.54, 1.807) is 22.6 Å². The summed E-state index contributed by atoms with van der Waals surface area (Å²) in [4.78, 5) is 11.0. The predicted molar refractivity (Wildman–Crippen MR) is 69.2 cm³/mol. The molecular formula is C14H10FN3O2. The maximum Gasteiger partial charge on any atom is 0.337 e. The molecule has 1 N–H and O–H groups in total. The number of nitrogens with zero attached hydrogens (tertiary/aromatic N) is 3. The predicted octanol–water partition coefficient (Wildman–Crippen LogP) is 2.16. The van der Waals surface area contributed by atoms with Gasteiger partial charge in [-0.1, -0.05) is 12.1 Å². The summed E-state index contributed by atoms with van der Waals surface area (Å²) in [5, 5.41) is 17.0. The van der Waals surface area contributed by atoms with Crippen LogP contribution in [0.15, 0.2) is 42.6 Å². The van der Waals surface area contributed by atoms with Gasteiger partial charge in [-0.15, -0.1) is 10.2 Å². The fraction of sp³-hybridized carbons (Fsp3) is 0.0714. The van der Waals surface area contributed by atoms with Crippen LogP contribution in [0, 0.1) is 5.82 Å². The van der Waals surface area contributed by atoms with Crippen molar-refractivity contribution < 1.29 is 14.3 Å². The molecule has 0 saturated heterocycles. The highest BCUT2D eigenvalue weighted by molar-refractivity contribution is 5.87. The van der Waals surface area contributed by atoms with E-state index in [-0.39, 0.29) is 11.4 Å². The molecule has 5 nitrogen and oxygen atoms in total. The van der Waals surface area contributed by atoms with Crippen LogP contribution in [0.25, 0.3) is 5.65 Å². The molecule has 0 fully saturated rings. The Morgan fingerprint density at radius 1 is 1.15 bits per heavy atom. The number of pyridine rings is 1. The minimum atomic E-state index is -1.01. The third kappa shape index (κ3) is 2.23. The molecule has 0 radical (unpaired) electrons. The van der Waals surface area contributed by atoms with Crippen molar-refractivity contribution in [3.63, 3.8) is 0 Å². The Morgan fingerprint density at radius 2 is 1.90 bits per heavy atom. The summed E-state index contributed by atoms with van der Waals surface area (Å²) in [6.45, 7) is 0. The summed E-state index contributed by atoms with van der Waals surface area (Å²) in [7, 11) is 0. The average molecular weight is 271 g/mol. The highest BCUT2D eigenvalue weighted by Crippen LogP contribution is 2.12. The average Bonchev–Trinajstić information content (AvgIpc) is 2.84. The number of hydrogen-bond acceptors (Lipinski definition) is 3. The number of halogens is 1. The maximum atomic E-state index is 12.9. The van der Waals surface area contributed by atoms with Gasteiger partial charge in [0.1, 0.15) is 11.6 Å². The van der Waals surface area contributed by atoms with Gasteiger partial charge in [0.25, 0.3) is 0 Å². The van der Waals surface area contributed by atoms with Gasteiger partial charge in [-0.2, -0.15) is 0 Å². The van der Waals surface area contributed by atoms with Crippen LogP contribution in [-0.2, 0) is 6.42 Å². The van der Waals surface area contributed by atoms with Crippen molar-refractivity contribution in [2.75, 3.05) is 0 Å². The minimum absolute atomic E-state index is 0.164. The van der Waals surface area contributed by atoms with Gasteiger partial charge in [0.05, 0.1) is 5.56 Å². The van der Waals surface area contributed by atoms with Crippen LogP contribution < -0.4 is 0 Å². The van der Waals surface area contributed by atoms with Gasteiger partial charge in [-0.3, -0.25) is 4.40 Å². The van der Waals surface area contributed by atoms with Gasteiger partial charge >= 0.3 is 5.97 Å². The Labute approximate surface area is 113 Å². The van der Waals surface area contributed by atoms with Crippen molar-refractivity contribution in [1.29, 1.82) is 0 Å². The quantitative estimate of drug-likeness (QED) is 0.792. The molecule has 0 aliphatic rings. The molecule has 2 heterocycles. The van der Waals surface area contributed by atoms with E-state index < -0.39 is 5.97 Å². The van der Waals surface area contributed by atoms with Gasteiger partial charge in [0.2, 0.25) is 0 Å². The van der Waals surface area contributed by atoms with Gasteiger partial charge in [0.15, 0.2) is 5.65 Å². The summed E-state index contributed by atoms with van der Waals surface area (Å²) in [6, 6.07) is 9.16. The summed E-state index contributed by atoms with van der Waals surface area (Å²) in [5.41, 5.74) is 1.62. The smallest absolute Gasteiger partial charge is 0.337 e. The molecule has 0 saturated carbocycles. The molecule has 0 bridgehead atoms. The third-order valence-electron chi connectivity index (χ3n) is 3.00. The largest absolute Gasteiger partial charge is 0.478 e. The summed E-state index contributed by atoms with van der Waals surface area (Å²) < 4.78 is 14.5. The Balaban J connectivity index is 2.00. The Bertz CT molecular complexity index is 781. The molecule has 0 amide bonds. The second-order valence-electron chi connectivity index (χ2n) is 4.37. The molecule has 0 aliphatic carbocycles. The highest BCUT2D eigenvalue weighted by Gasteiger charge is 2.10. The first-order valence-corrected chi connectivity index (χ1v) is 5.95. The summed E-state index contributed by atoms with van der Waals surface area (Å²) in [5.74, 6) is -0.698. The molecule has 0 unspecified atom stereocenters. The van der Waals surface area contributed by atoms with Crippen LogP contribution in [0.2, 0.25) is 0 Å². The number of carbonyl (C=O) groups is 1. The number of aromatic carboxylic acids is 1. The molecule has 1 aromatic carbocycles. The van der Waals surface area contributed by atoms with E-state index in [9.17, 15) is 9.18 Å². The Hall–Kier alpha value is -2.76. The first kappa shape index (κ1) is 12.3. The lowest BCUT2D eigenvalue weighted by atomic mass is 10.1. The second kappa shape index (κ2) is 4.73. The first-order chi connectivity index (χ1) is 9.63. The van der Waals surface area contributed by atoms with Crippen molar-refractivity contribution in [2.45, 2.75) is 6.42 Å². The zero-order chi connectivity index (χ0) is 14.1. The van der Waals surface area contributed by atoms with Crippen molar-refractivity contribution in [1.82, 2.24) is 14.6 Å². The molecule has 3 rings (SSSR count). The van der Waals surface area contributed by atoms with Crippen molar-refractivity contribution in [3.8, 4) is 0 Å².